The van der Waals surface area contributed by atoms with Crippen LogP contribution in [0.4, 0.5) is 16.3 Å². The van der Waals surface area contributed by atoms with Gasteiger partial charge in [0.05, 0.1) is 18.9 Å². The number of aromatic nitrogens is 2. The highest BCUT2D eigenvalue weighted by Gasteiger charge is 2.46. The summed E-state index contributed by atoms with van der Waals surface area (Å²) in [5, 5.41) is 5.75. The molecule has 1 saturated heterocycles. The molecule has 2 aliphatic carbocycles. The quantitative estimate of drug-likeness (QED) is 0.646. The largest absolute Gasteiger partial charge is 0.378 e. The number of hydrogen-bond acceptors (Lipinski definition) is 7. The maximum atomic E-state index is 13.0. The van der Waals surface area contributed by atoms with E-state index in [0.29, 0.717) is 56.4 Å². The van der Waals surface area contributed by atoms with Gasteiger partial charge in [0.25, 0.3) is 0 Å². The second-order valence-corrected chi connectivity index (χ2v) is 11.8. The maximum absolute atomic E-state index is 13.0. The van der Waals surface area contributed by atoms with Crippen molar-refractivity contribution in [2.24, 2.45) is 0 Å². The third-order valence-electron chi connectivity index (χ3n) is 6.95. The lowest BCUT2D eigenvalue weighted by molar-refractivity contribution is 0.122. The van der Waals surface area contributed by atoms with Crippen molar-refractivity contribution in [3.63, 3.8) is 0 Å². The van der Waals surface area contributed by atoms with Crippen LogP contribution in [0.1, 0.15) is 44.2 Å². The number of benzene rings is 1. The van der Waals surface area contributed by atoms with Crippen LogP contribution in [0.5, 0.6) is 0 Å². The fourth-order valence-electron chi connectivity index (χ4n) is 4.80. The van der Waals surface area contributed by atoms with Gasteiger partial charge in [0.1, 0.15) is 10.6 Å². The molecule has 0 spiro atoms. The van der Waals surface area contributed by atoms with Crippen LogP contribution in [0.25, 0.3) is 11.4 Å². The summed E-state index contributed by atoms with van der Waals surface area (Å²) in [6.07, 6.45) is 6.25. The number of carbonyl (C=O) groups is 1. The van der Waals surface area contributed by atoms with E-state index in [2.05, 4.69) is 15.5 Å². The molecule has 2 amide bonds. The smallest absolute Gasteiger partial charge is 0.319 e. The van der Waals surface area contributed by atoms with Crippen molar-refractivity contribution in [1.82, 2.24) is 15.3 Å². The number of nitrogens with one attached hydrogen (secondary N) is 2. The summed E-state index contributed by atoms with van der Waals surface area (Å²) < 4.78 is 30.5. The molecule has 5 rings (SSSR count). The average Bonchev–Trinajstić information content (AvgIpc) is 3.48. The number of carbonyl (C=O) groups excluding carboxylic acids is 1. The van der Waals surface area contributed by atoms with Gasteiger partial charge in [-0.1, -0.05) is 12.8 Å². The van der Waals surface area contributed by atoms with E-state index >= 15 is 0 Å². The number of ether oxygens (including phenoxy) is 1. The highest BCUT2D eigenvalue weighted by atomic mass is 32.2. The number of sulfone groups is 1. The van der Waals surface area contributed by atoms with Gasteiger partial charge in [-0.3, -0.25) is 0 Å². The van der Waals surface area contributed by atoms with Crippen molar-refractivity contribution in [2.45, 2.75) is 49.3 Å². The molecule has 3 fully saturated rings. The first-order chi connectivity index (χ1) is 16.3. The Morgan fingerprint density at radius 2 is 1.76 bits per heavy atom. The number of urea groups is 1. The summed E-state index contributed by atoms with van der Waals surface area (Å²) in [5.74, 6) is 1.21. The second-order valence-electron chi connectivity index (χ2n) is 9.46. The molecule has 3 aliphatic rings. The molecule has 10 heteroatoms. The number of rotatable bonds is 6. The van der Waals surface area contributed by atoms with E-state index in [1.165, 1.54) is 6.26 Å². The number of anilines is 2. The van der Waals surface area contributed by atoms with Gasteiger partial charge in [-0.05, 0) is 49.9 Å². The summed E-state index contributed by atoms with van der Waals surface area (Å²) >= 11 is 0. The van der Waals surface area contributed by atoms with Gasteiger partial charge in [-0.2, -0.15) is 0 Å². The monoisotopic (exact) mass is 485 g/mol. The average molecular weight is 486 g/mol. The standard InChI is InChI=1S/C24H31N5O4S/c1-34(31,32)24(10-2-3-11-24)20-16-21(29-12-14-33-15-13-29)28-22(27-20)17-4-6-18(7-5-17)25-23(30)26-19-8-9-19/h4-7,16,19H,2-3,8-15H2,1H3,(H2,25,26,30). The Hall–Kier alpha value is -2.72. The predicted molar refractivity (Wildman–Crippen MR) is 131 cm³/mol. The summed E-state index contributed by atoms with van der Waals surface area (Å²) in [6.45, 7) is 2.60. The van der Waals surface area contributed by atoms with Gasteiger partial charge in [-0.15, -0.1) is 0 Å². The second kappa shape index (κ2) is 9.14. The molecule has 1 aromatic carbocycles. The Labute approximate surface area is 200 Å². The first-order valence-electron chi connectivity index (χ1n) is 11.9. The van der Waals surface area contributed by atoms with Gasteiger partial charge in [0.2, 0.25) is 0 Å². The topological polar surface area (TPSA) is 114 Å². The number of morpholine rings is 1. The van der Waals surface area contributed by atoms with Crippen molar-refractivity contribution < 1.29 is 17.9 Å². The van der Waals surface area contributed by atoms with E-state index in [4.69, 9.17) is 14.7 Å². The van der Waals surface area contributed by atoms with E-state index < -0.39 is 14.6 Å². The van der Waals surface area contributed by atoms with Gasteiger partial charge in [0.15, 0.2) is 15.7 Å². The zero-order chi connectivity index (χ0) is 23.8. The van der Waals surface area contributed by atoms with Crippen molar-refractivity contribution in [3.8, 4) is 11.4 Å². The molecule has 0 radical (unpaired) electrons. The van der Waals surface area contributed by atoms with E-state index in [1.807, 2.05) is 30.3 Å². The van der Waals surface area contributed by atoms with Crippen molar-refractivity contribution in [1.29, 1.82) is 0 Å². The van der Waals surface area contributed by atoms with Crippen molar-refractivity contribution >= 4 is 27.4 Å². The molecule has 0 bridgehead atoms. The molecule has 2 N–H and O–H groups in total. The number of amides is 2. The van der Waals surface area contributed by atoms with Crippen LogP contribution in [-0.2, 0) is 19.3 Å². The molecule has 1 aromatic heterocycles. The van der Waals surface area contributed by atoms with E-state index in [1.54, 1.807) is 0 Å². The van der Waals surface area contributed by atoms with Gasteiger partial charge in [-0.25, -0.2) is 23.2 Å². The lowest BCUT2D eigenvalue weighted by Gasteiger charge is -2.31. The SMILES string of the molecule is CS(=O)(=O)C1(c2cc(N3CCOCC3)nc(-c3ccc(NC(=O)NC4CC4)cc3)n2)CCCC1. The summed E-state index contributed by atoms with van der Waals surface area (Å²) in [5.41, 5.74) is 2.02. The molecule has 2 heterocycles. The Balaban J connectivity index is 1.49. The number of hydrogen-bond donors (Lipinski definition) is 2. The molecule has 0 unspecified atom stereocenters. The maximum Gasteiger partial charge on any atom is 0.319 e. The number of nitrogens with zero attached hydrogens (tertiary/aromatic N) is 3. The van der Waals surface area contributed by atoms with Crippen LogP contribution in [0.2, 0.25) is 0 Å². The van der Waals surface area contributed by atoms with Crippen LogP contribution < -0.4 is 15.5 Å². The van der Waals surface area contributed by atoms with Crippen LogP contribution in [0.15, 0.2) is 30.3 Å². The van der Waals surface area contributed by atoms with Crippen LogP contribution in [-0.4, -0.2) is 63.0 Å². The first-order valence-corrected chi connectivity index (χ1v) is 13.8. The van der Waals surface area contributed by atoms with Crippen LogP contribution in [0, 0.1) is 0 Å². The summed E-state index contributed by atoms with van der Waals surface area (Å²) in [4.78, 5) is 23.8. The van der Waals surface area contributed by atoms with Crippen molar-refractivity contribution in [2.75, 3.05) is 42.8 Å². The molecule has 9 nitrogen and oxygen atoms in total. The van der Waals surface area contributed by atoms with E-state index in [0.717, 1.165) is 37.1 Å². The Kier molecular flexibility index (Phi) is 6.20. The molecular formula is C24H31N5O4S. The Bertz CT molecular complexity index is 1150. The van der Waals surface area contributed by atoms with Crippen molar-refractivity contribution in [3.05, 3.63) is 36.0 Å². The zero-order valence-corrected chi connectivity index (χ0v) is 20.2. The zero-order valence-electron chi connectivity index (χ0n) is 19.4. The minimum Gasteiger partial charge on any atom is -0.378 e. The normalized spacial score (nSPS) is 20.2. The highest BCUT2D eigenvalue weighted by Crippen LogP contribution is 2.45. The van der Waals surface area contributed by atoms with Gasteiger partial charge >= 0.3 is 6.03 Å². The Morgan fingerprint density at radius 3 is 2.38 bits per heavy atom. The minimum absolute atomic E-state index is 0.209. The summed E-state index contributed by atoms with van der Waals surface area (Å²) in [6, 6.07) is 9.28. The fraction of sp³-hybridized carbons (Fsp3) is 0.542. The molecular weight excluding hydrogens is 454 g/mol. The molecule has 182 valence electrons. The van der Waals surface area contributed by atoms with E-state index in [9.17, 15) is 13.2 Å². The fourth-order valence-corrected chi connectivity index (χ4v) is 6.31. The summed E-state index contributed by atoms with van der Waals surface area (Å²) in [7, 11) is -3.38. The van der Waals surface area contributed by atoms with Crippen LogP contribution in [0.3, 0.4) is 0 Å². The Morgan fingerprint density at radius 1 is 1.09 bits per heavy atom. The first kappa shape index (κ1) is 23.0. The lowest BCUT2D eigenvalue weighted by Crippen LogP contribution is -2.38. The van der Waals surface area contributed by atoms with Crippen LogP contribution >= 0.6 is 0 Å². The lowest BCUT2D eigenvalue weighted by atomic mass is 10.0. The molecule has 1 aliphatic heterocycles. The minimum atomic E-state index is -3.38. The third-order valence-corrected chi connectivity index (χ3v) is 8.99. The molecule has 2 aromatic rings. The molecule has 0 atom stereocenters. The molecule has 34 heavy (non-hydrogen) atoms. The van der Waals surface area contributed by atoms with Gasteiger partial charge < -0.3 is 20.3 Å². The third kappa shape index (κ3) is 4.74. The van der Waals surface area contributed by atoms with E-state index in [-0.39, 0.29) is 12.1 Å². The van der Waals surface area contributed by atoms with Gasteiger partial charge in [0, 0.05) is 42.7 Å². The predicted octanol–water partition coefficient (Wildman–Crippen LogP) is 3.08. The molecule has 2 saturated carbocycles. The highest BCUT2D eigenvalue weighted by molar-refractivity contribution is 7.91.